The fourth-order valence-corrected chi connectivity index (χ4v) is 3.29. The topological polar surface area (TPSA) is 29.1 Å². The highest BCUT2D eigenvalue weighted by Gasteiger charge is 2.18. The zero-order valence-electron chi connectivity index (χ0n) is 10.0. The van der Waals surface area contributed by atoms with E-state index in [0.717, 1.165) is 23.3 Å². The van der Waals surface area contributed by atoms with Gasteiger partial charge in [-0.15, -0.1) is 11.3 Å². The third-order valence-electron chi connectivity index (χ3n) is 3.23. The Morgan fingerprint density at radius 1 is 1.31 bits per heavy atom. The van der Waals surface area contributed by atoms with E-state index in [2.05, 4.69) is 12.2 Å². The molecule has 2 nitrogen and oxygen atoms in total. The van der Waals surface area contributed by atoms with Gasteiger partial charge in [-0.1, -0.05) is 19.3 Å². The normalized spacial score (nSPS) is 17.4. The summed E-state index contributed by atoms with van der Waals surface area (Å²) in [7, 11) is 0. The number of nitrogens with one attached hydrogen (secondary N) is 1. The highest BCUT2D eigenvalue weighted by Crippen LogP contribution is 2.22. The second-order valence-electron chi connectivity index (χ2n) is 4.64. The summed E-state index contributed by atoms with van der Waals surface area (Å²) in [6.07, 6.45) is 6.13. The molecular formula is C13H19NOS. The molecule has 1 aromatic rings. The predicted molar refractivity (Wildman–Crippen MR) is 68.1 cm³/mol. The minimum Gasteiger partial charge on any atom is -0.349 e. The lowest BCUT2D eigenvalue weighted by atomic mass is 9.95. The molecule has 0 aliphatic heterocycles. The molecular weight excluding hydrogens is 218 g/mol. The summed E-state index contributed by atoms with van der Waals surface area (Å²) < 4.78 is 0. The zero-order valence-corrected chi connectivity index (χ0v) is 10.8. The second-order valence-corrected chi connectivity index (χ2v) is 6.10. The molecule has 88 valence electrons. The van der Waals surface area contributed by atoms with Crippen LogP contribution in [0.1, 0.15) is 52.2 Å². The van der Waals surface area contributed by atoms with Gasteiger partial charge in [-0.2, -0.15) is 0 Å². The Bertz CT molecular complexity index is 377. The van der Waals surface area contributed by atoms with Crippen molar-refractivity contribution in [3.63, 3.8) is 0 Å². The van der Waals surface area contributed by atoms with Crippen molar-refractivity contribution in [1.82, 2.24) is 5.32 Å². The SMILES string of the molecule is Cc1cc(C(=O)NC2CCCCC2)c(C)s1. The van der Waals surface area contributed by atoms with E-state index in [1.807, 2.05) is 13.0 Å². The number of carbonyl (C=O) groups is 1. The monoisotopic (exact) mass is 237 g/mol. The first kappa shape index (κ1) is 11.6. The molecule has 1 fully saturated rings. The van der Waals surface area contributed by atoms with Gasteiger partial charge in [0.15, 0.2) is 0 Å². The fourth-order valence-electron chi connectivity index (χ4n) is 2.37. The lowest BCUT2D eigenvalue weighted by Gasteiger charge is -2.22. The number of carbonyl (C=O) groups excluding carboxylic acids is 1. The summed E-state index contributed by atoms with van der Waals surface area (Å²) >= 11 is 1.70. The summed E-state index contributed by atoms with van der Waals surface area (Å²) in [5, 5.41) is 3.16. The lowest BCUT2D eigenvalue weighted by Crippen LogP contribution is -2.36. The van der Waals surface area contributed by atoms with Crippen LogP contribution in [0.4, 0.5) is 0 Å². The Morgan fingerprint density at radius 2 is 2.00 bits per heavy atom. The van der Waals surface area contributed by atoms with Crippen LogP contribution in [0, 0.1) is 13.8 Å². The molecule has 0 saturated heterocycles. The van der Waals surface area contributed by atoms with Crippen LogP contribution in [0.2, 0.25) is 0 Å². The van der Waals surface area contributed by atoms with Crippen LogP contribution in [-0.4, -0.2) is 11.9 Å². The quantitative estimate of drug-likeness (QED) is 0.839. The molecule has 0 atom stereocenters. The molecule has 2 rings (SSSR count). The molecule has 1 aliphatic carbocycles. The molecule has 0 aromatic carbocycles. The van der Waals surface area contributed by atoms with Crippen molar-refractivity contribution in [2.75, 3.05) is 0 Å². The van der Waals surface area contributed by atoms with Gasteiger partial charge in [-0.25, -0.2) is 0 Å². The van der Waals surface area contributed by atoms with Crippen molar-refractivity contribution >= 4 is 17.2 Å². The van der Waals surface area contributed by atoms with E-state index >= 15 is 0 Å². The number of thiophene rings is 1. The van der Waals surface area contributed by atoms with Crippen LogP contribution < -0.4 is 5.32 Å². The van der Waals surface area contributed by atoms with E-state index in [1.54, 1.807) is 11.3 Å². The first-order valence-electron chi connectivity index (χ1n) is 6.04. The summed E-state index contributed by atoms with van der Waals surface area (Å²) in [5.41, 5.74) is 0.869. The molecule has 3 heteroatoms. The first-order chi connectivity index (χ1) is 7.66. The third-order valence-corrected chi connectivity index (χ3v) is 4.19. The van der Waals surface area contributed by atoms with Gasteiger partial charge in [0.1, 0.15) is 0 Å². The number of aryl methyl sites for hydroxylation is 2. The number of rotatable bonds is 2. The lowest BCUT2D eigenvalue weighted by molar-refractivity contribution is 0.0927. The maximum atomic E-state index is 12.0. The van der Waals surface area contributed by atoms with Crippen molar-refractivity contribution in [3.05, 3.63) is 21.4 Å². The van der Waals surface area contributed by atoms with Crippen LogP contribution in [0.5, 0.6) is 0 Å². The molecule has 16 heavy (non-hydrogen) atoms. The van der Waals surface area contributed by atoms with Gasteiger partial charge in [-0.05, 0) is 32.8 Å². The summed E-state index contributed by atoms with van der Waals surface area (Å²) in [5.74, 6) is 0.119. The highest BCUT2D eigenvalue weighted by molar-refractivity contribution is 7.12. The molecule has 0 unspecified atom stereocenters. The van der Waals surface area contributed by atoms with E-state index in [1.165, 1.54) is 24.1 Å². The minimum absolute atomic E-state index is 0.119. The summed E-state index contributed by atoms with van der Waals surface area (Å²) in [4.78, 5) is 14.4. The zero-order chi connectivity index (χ0) is 11.5. The van der Waals surface area contributed by atoms with Gasteiger partial charge in [0.2, 0.25) is 0 Å². The number of hydrogen-bond donors (Lipinski definition) is 1. The minimum atomic E-state index is 0.119. The van der Waals surface area contributed by atoms with E-state index in [9.17, 15) is 4.79 Å². The van der Waals surface area contributed by atoms with Crippen molar-refractivity contribution in [1.29, 1.82) is 0 Å². The van der Waals surface area contributed by atoms with Gasteiger partial charge in [0.05, 0.1) is 5.56 Å². The molecule has 0 bridgehead atoms. The van der Waals surface area contributed by atoms with Crippen LogP contribution in [-0.2, 0) is 0 Å². The Hall–Kier alpha value is -0.830. The molecule has 0 radical (unpaired) electrons. The largest absolute Gasteiger partial charge is 0.349 e. The van der Waals surface area contributed by atoms with Crippen molar-refractivity contribution < 1.29 is 4.79 Å². The Balaban J connectivity index is 1.99. The smallest absolute Gasteiger partial charge is 0.252 e. The molecule has 0 spiro atoms. The van der Waals surface area contributed by atoms with Gasteiger partial charge in [0, 0.05) is 15.8 Å². The van der Waals surface area contributed by atoms with Crippen LogP contribution in [0.3, 0.4) is 0 Å². The van der Waals surface area contributed by atoms with E-state index in [4.69, 9.17) is 0 Å². The first-order valence-corrected chi connectivity index (χ1v) is 6.86. The molecule has 1 aromatic heterocycles. The standard InChI is InChI=1S/C13H19NOS/c1-9-8-12(10(2)16-9)13(15)14-11-6-4-3-5-7-11/h8,11H,3-7H2,1-2H3,(H,14,15). The Labute approximate surface area is 101 Å². The van der Waals surface area contributed by atoms with Crippen molar-refractivity contribution in [2.45, 2.75) is 52.0 Å². The average molecular weight is 237 g/mol. The molecule has 1 aliphatic rings. The molecule has 1 saturated carbocycles. The average Bonchev–Trinajstić information content (AvgIpc) is 2.59. The van der Waals surface area contributed by atoms with E-state index < -0.39 is 0 Å². The van der Waals surface area contributed by atoms with Crippen molar-refractivity contribution in [2.24, 2.45) is 0 Å². The maximum Gasteiger partial charge on any atom is 0.252 e. The van der Waals surface area contributed by atoms with Gasteiger partial charge in [0.25, 0.3) is 5.91 Å². The second kappa shape index (κ2) is 5.00. The van der Waals surface area contributed by atoms with E-state index in [0.29, 0.717) is 6.04 Å². The van der Waals surface area contributed by atoms with Crippen LogP contribution in [0.15, 0.2) is 6.07 Å². The van der Waals surface area contributed by atoms with Gasteiger partial charge < -0.3 is 5.32 Å². The van der Waals surface area contributed by atoms with E-state index in [-0.39, 0.29) is 5.91 Å². The maximum absolute atomic E-state index is 12.0. The number of hydrogen-bond acceptors (Lipinski definition) is 2. The van der Waals surface area contributed by atoms with Crippen LogP contribution in [0.25, 0.3) is 0 Å². The third kappa shape index (κ3) is 2.64. The summed E-state index contributed by atoms with van der Waals surface area (Å²) in [6.45, 7) is 4.07. The fraction of sp³-hybridized carbons (Fsp3) is 0.615. The Kier molecular flexibility index (Phi) is 3.64. The van der Waals surface area contributed by atoms with Crippen LogP contribution >= 0.6 is 11.3 Å². The Morgan fingerprint density at radius 3 is 2.56 bits per heavy atom. The highest BCUT2D eigenvalue weighted by atomic mass is 32.1. The van der Waals surface area contributed by atoms with Crippen molar-refractivity contribution in [3.8, 4) is 0 Å². The number of amides is 1. The summed E-state index contributed by atoms with van der Waals surface area (Å²) in [6, 6.07) is 2.40. The predicted octanol–water partition coefficient (Wildman–Crippen LogP) is 3.43. The van der Waals surface area contributed by atoms with Gasteiger partial charge in [-0.3, -0.25) is 4.79 Å². The molecule has 1 N–H and O–H groups in total. The van der Waals surface area contributed by atoms with Gasteiger partial charge >= 0.3 is 0 Å². The molecule has 1 heterocycles. The molecule has 1 amide bonds.